The van der Waals surface area contributed by atoms with Crippen LogP contribution in [-0.2, 0) is 4.79 Å². The summed E-state index contributed by atoms with van der Waals surface area (Å²) < 4.78 is 6.69. The SMILES string of the molecule is Cc1ccc(-c2ccc(OCC(=O)Nc3ccc(I)cc3)cc2)cc1. The van der Waals surface area contributed by atoms with E-state index in [1.807, 2.05) is 48.5 Å². The number of rotatable bonds is 5. The van der Waals surface area contributed by atoms with Gasteiger partial charge in [-0.1, -0.05) is 42.0 Å². The van der Waals surface area contributed by atoms with E-state index >= 15 is 0 Å². The predicted octanol–water partition coefficient (Wildman–Crippen LogP) is 5.28. The Bertz CT molecular complexity index is 841. The molecular weight excluding hydrogens is 425 g/mol. The number of halogens is 1. The highest BCUT2D eigenvalue weighted by Gasteiger charge is 2.04. The molecule has 25 heavy (non-hydrogen) atoms. The van der Waals surface area contributed by atoms with E-state index in [-0.39, 0.29) is 12.5 Å². The number of hydrogen-bond donors (Lipinski definition) is 1. The number of anilines is 1. The van der Waals surface area contributed by atoms with E-state index in [9.17, 15) is 4.79 Å². The molecule has 0 saturated heterocycles. The number of carbonyl (C=O) groups excluding carboxylic acids is 1. The number of nitrogens with one attached hydrogen (secondary N) is 1. The first-order valence-corrected chi connectivity index (χ1v) is 9.03. The highest BCUT2D eigenvalue weighted by molar-refractivity contribution is 14.1. The molecule has 3 nitrogen and oxygen atoms in total. The summed E-state index contributed by atoms with van der Waals surface area (Å²) >= 11 is 2.23. The lowest BCUT2D eigenvalue weighted by Crippen LogP contribution is -2.20. The Balaban J connectivity index is 1.55. The molecule has 3 aromatic carbocycles. The molecule has 0 aromatic heterocycles. The summed E-state index contributed by atoms with van der Waals surface area (Å²) in [7, 11) is 0. The second-order valence-corrected chi connectivity index (χ2v) is 6.98. The normalized spacial score (nSPS) is 10.3. The molecular formula is C21H18INO2. The quantitative estimate of drug-likeness (QED) is 0.545. The molecule has 0 spiro atoms. The van der Waals surface area contributed by atoms with Crippen LogP contribution < -0.4 is 10.1 Å². The van der Waals surface area contributed by atoms with Crippen molar-refractivity contribution in [2.75, 3.05) is 11.9 Å². The van der Waals surface area contributed by atoms with E-state index in [2.05, 4.69) is 59.1 Å². The van der Waals surface area contributed by atoms with Crippen molar-refractivity contribution in [2.45, 2.75) is 6.92 Å². The summed E-state index contributed by atoms with van der Waals surface area (Å²) in [6.45, 7) is 2.05. The minimum Gasteiger partial charge on any atom is -0.484 e. The Morgan fingerprint density at radius 1 is 0.880 bits per heavy atom. The van der Waals surface area contributed by atoms with Crippen molar-refractivity contribution >= 4 is 34.2 Å². The molecule has 0 heterocycles. The van der Waals surface area contributed by atoms with Crippen LogP contribution in [0.5, 0.6) is 5.75 Å². The molecule has 0 saturated carbocycles. The Hall–Kier alpha value is -2.34. The lowest BCUT2D eigenvalue weighted by Gasteiger charge is -2.09. The molecule has 3 rings (SSSR count). The van der Waals surface area contributed by atoms with Crippen molar-refractivity contribution in [3.05, 3.63) is 81.9 Å². The van der Waals surface area contributed by atoms with Gasteiger partial charge in [-0.2, -0.15) is 0 Å². The van der Waals surface area contributed by atoms with E-state index in [1.54, 1.807) is 0 Å². The number of hydrogen-bond acceptors (Lipinski definition) is 2. The number of aryl methyl sites for hydroxylation is 1. The largest absolute Gasteiger partial charge is 0.484 e. The second kappa shape index (κ2) is 8.16. The summed E-state index contributed by atoms with van der Waals surface area (Å²) in [5, 5.41) is 2.81. The molecule has 0 unspecified atom stereocenters. The molecule has 0 bridgehead atoms. The van der Waals surface area contributed by atoms with Crippen LogP contribution in [0.1, 0.15) is 5.56 Å². The molecule has 0 fully saturated rings. The number of ether oxygens (including phenoxy) is 1. The van der Waals surface area contributed by atoms with Gasteiger partial charge in [-0.3, -0.25) is 4.79 Å². The van der Waals surface area contributed by atoms with Crippen molar-refractivity contribution in [2.24, 2.45) is 0 Å². The lowest BCUT2D eigenvalue weighted by atomic mass is 10.0. The summed E-state index contributed by atoms with van der Waals surface area (Å²) in [6, 6.07) is 23.8. The zero-order valence-electron chi connectivity index (χ0n) is 13.8. The Labute approximate surface area is 161 Å². The van der Waals surface area contributed by atoms with Crippen molar-refractivity contribution in [3.8, 4) is 16.9 Å². The van der Waals surface area contributed by atoms with Crippen molar-refractivity contribution in [3.63, 3.8) is 0 Å². The zero-order chi connectivity index (χ0) is 17.6. The first-order chi connectivity index (χ1) is 12.1. The van der Waals surface area contributed by atoms with Gasteiger partial charge in [0.25, 0.3) is 5.91 Å². The topological polar surface area (TPSA) is 38.3 Å². The van der Waals surface area contributed by atoms with Gasteiger partial charge in [-0.05, 0) is 77.0 Å². The van der Waals surface area contributed by atoms with Crippen LogP contribution >= 0.6 is 22.6 Å². The van der Waals surface area contributed by atoms with Crippen LogP contribution in [0.4, 0.5) is 5.69 Å². The molecule has 0 radical (unpaired) electrons. The molecule has 4 heteroatoms. The maximum Gasteiger partial charge on any atom is 0.262 e. The van der Waals surface area contributed by atoms with E-state index in [0.717, 1.165) is 20.4 Å². The minimum atomic E-state index is -0.177. The average Bonchev–Trinajstić information content (AvgIpc) is 2.63. The Kier molecular flexibility index (Phi) is 5.71. The number of carbonyl (C=O) groups is 1. The number of benzene rings is 3. The maximum atomic E-state index is 12.0. The van der Waals surface area contributed by atoms with Gasteiger partial charge in [0.1, 0.15) is 5.75 Å². The maximum absolute atomic E-state index is 12.0. The van der Waals surface area contributed by atoms with Crippen LogP contribution in [0, 0.1) is 10.5 Å². The molecule has 1 N–H and O–H groups in total. The van der Waals surface area contributed by atoms with Gasteiger partial charge in [0.15, 0.2) is 6.61 Å². The van der Waals surface area contributed by atoms with Crippen LogP contribution in [-0.4, -0.2) is 12.5 Å². The van der Waals surface area contributed by atoms with Crippen LogP contribution in [0.2, 0.25) is 0 Å². The van der Waals surface area contributed by atoms with Gasteiger partial charge >= 0.3 is 0 Å². The summed E-state index contributed by atoms with van der Waals surface area (Å²) in [6.07, 6.45) is 0. The second-order valence-electron chi connectivity index (χ2n) is 5.73. The van der Waals surface area contributed by atoms with Crippen LogP contribution in [0.15, 0.2) is 72.8 Å². The molecule has 3 aromatic rings. The van der Waals surface area contributed by atoms with Gasteiger partial charge in [0.05, 0.1) is 0 Å². The number of amides is 1. The highest BCUT2D eigenvalue weighted by Crippen LogP contribution is 2.22. The highest BCUT2D eigenvalue weighted by atomic mass is 127. The smallest absolute Gasteiger partial charge is 0.262 e. The molecule has 0 aliphatic heterocycles. The van der Waals surface area contributed by atoms with Gasteiger partial charge in [-0.25, -0.2) is 0 Å². The monoisotopic (exact) mass is 443 g/mol. The standard InChI is InChI=1S/C21H18INO2/c1-15-2-4-16(5-3-15)17-6-12-20(13-7-17)25-14-21(24)23-19-10-8-18(22)9-11-19/h2-13H,14H2,1H3,(H,23,24). The van der Waals surface area contributed by atoms with E-state index < -0.39 is 0 Å². The van der Waals surface area contributed by atoms with Gasteiger partial charge in [0, 0.05) is 9.26 Å². The average molecular weight is 443 g/mol. The van der Waals surface area contributed by atoms with Crippen molar-refractivity contribution in [1.29, 1.82) is 0 Å². The van der Waals surface area contributed by atoms with Crippen molar-refractivity contribution < 1.29 is 9.53 Å². The molecule has 0 atom stereocenters. The third-order valence-corrected chi connectivity index (χ3v) is 4.46. The van der Waals surface area contributed by atoms with Crippen LogP contribution in [0.3, 0.4) is 0 Å². The van der Waals surface area contributed by atoms with Gasteiger partial charge in [0.2, 0.25) is 0 Å². The molecule has 0 aliphatic rings. The van der Waals surface area contributed by atoms with Gasteiger partial charge < -0.3 is 10.1 Å². The van der Waals surface area contributed by atoms with Gasteiger partial charge in [-0.15, -0.1) is 0 Å². The fourth-order valence-corrected chi connectivity index (χ4v) is 2.73. The third kappa shape index (κ3) is 5.06. The third-order valence-electron chi connectivity index (χ3n) is 3.74. The first-order valence-electron chi connectivity index (χ1n) is 7.95. The summed E-state index contributed by atoms with van der Waals surface area (Å²) in [5.41, 5.74) is 4.29. The summed E-state index contributed by atoms with van der Waals surface area (Å²) in [5.74, 6) is 0.498. The Morgan fingerprint density at radius 3 is 2.04 bits per heavy atom. The van der Waals surface area contributed by atoms with E-state index in [0.29, 0.717) is 5.75 Å². The van der Waals surface area contributed by atoms with Crippen molar-refractivity contribution in [1.82, 2.24) is 0 Å². The Morgan fingerprint density at radius 2 is 1.44 bits per heavy atom. The fraction of sp³-hybridized carbons (Fsp3) is 0.0952. The summed E-state index contributed by atoms with van der Waals surface area (Å²) in [4.78, 5) is 12.0. The van der Waals surface area contributed by atoms with E-state index in [4.69, 9.17) is 4.74 Å². The fourth-order valence-electron chi connectivity index (χ4n) is 2.37. The molecule has 126 valence electrons. The van der Waals surface area contributed by atoms with Crippen LogP contribution in [0.25, 0.3) is 11.1 Å². The minimum absolute atomic E-state index is 0.0180. The first kappa shape index (κ1) is 17.5. The molecule has 1 amide bonds. The zero-order valence-corrected chi connectivity index (χ0v) is 16.0. The predicted molar refractivity (Wildman–Crippen MR) is 110 cm³/mol. The van der Waals surface area contributed by atoms with E-state index in [1.165, 1.54) is 5.56 Å². The lowest BCUT2D eigenvalue weighted by molar-refractivity contribution is -0.118. The molecule has 0 aliphatic carbocycles.